The molecular formula is C20H26ClPZr. The van der Waals surface area contributed by atoms with Gasteiger partial charge in [-0.3, -0.25) is 0 Å². The molecule has 0 unspecified atom stereocenters. The third-order valence-corrected chi connectivity index (χ3v) is 28.3. The Labute approximate surface area is 156 Å². The van der Waals surface area contributed by atoms with Crippen LogP contribution in [0.3, 0.4) is 0 Å². The molecule has 0 aliphatic heterocycles. The van der Waals surface area contributed by atoms with E-state index in [1.54, 1.807) is 5.31 Å². The van der Waals surface area contributed by atoms with E-state index in [-0.39, 0.29) is 0 Å². The van der Waals surface area contributed by atoms with Gasteiger partial charge in [0.2, 0.25) is 0 Å². The Morgan fingerprint density at radius 3 is 1.78 bits per heavy atom. The molecule has 0 radical (unpaired) electrons. The molecule has 0 saturated heterocycles. The number of rotatable bonds is 6. The topological polar surface area (TPSA) is 0 Å². The SMILES string of the molecule is CC(C)[PH]([Zr][Cl])(C(=Cc1ccccc1)c1ccccc1)C(C)C. The van der Waals surface area contributed by atoms with Crippen LogP contribution in [0, 0.1) is 0 Å². The van der Waals surface area contributed by atoms with Crippen LogP contribution in [-0.4, -0.2) is 11.3 Å². The molecule has 3 heteroatoms. The molecule has 0 nitrogen and oxygen atoms in total. The molecule has 0 atom stereocenters. The first-order valence-electron chi connectivity index (χ1n) is 8.22. The summed E-state index contributed by atoms with van der Waals surface area (Å²) in [7, 11) is 6.82. The summed E-state index contributed by atoms with van der Waals surface area (Å²) >= 11 is -0.951. The van der Waals surface area contributed by atoms with E-state index in [2.05, 4.69) is 94.4 Å². The van der Waals surface area contributed by atoms with Crippen molar-refractivity contribution in [1.82, 2.24) is 0 Å². The fourth-order valence-electron chi connectivity index (χ4n) is 3.33. The maximum atomic E-state index is 6.82. The van der Waals surface area contributed by atoms with Crippen molar-refractivity contribution in [3.8, 4) is 0 Å². The minimum absolute atomic E-state index is 0.668. The molecule has 0 aromatic heterocycles. The second-order valence-corrected chi connectivity index (χ2v) is 22.2. The summed E-state index contributed by atoms with van der Waals surface area (Å²) in [6.07, 6.45) is 2.42. The van der Waals surface area contributed by atoms with Crippen LogP contribution in [-0.2, 0) is 21.5 Å². The van der Waals surface area contributed by atoms with Crippen LogP contribution in [0.15, 0.2) is 60.7 Å². The van der Waals surface area contributed by atoms with Gasteiger partial charge in [-0.05, 0) is 0 Å². The molecular weight excluding hydrogens is 398 g/mol. The minimum atomic E-state index is -1.68. The van der Waals surface area contributed by atoms with E-state index in [0.29, 0.717) is 11.3 Å². The molecule has 0 fully saturated rings. The van der Waals surface area contributed by atoms with Crippen molar-refractivity contribution in [3.63, 3.8) is 0 Å². The summed E-state index contributed by atoms with van der Waals surface area (Å²) in [6, 6.07) is 21.6. The van der Waals surface area contributed by atoms with Gasteiger partial charge in [-0.25, -0.2) is 0 Å². The van der Waals surface area contributed by atoms with Crippen LogP contribution in [0.5, 0.6) is 0 Å². The zero-order valence-corrected chi connectivity index (χ0v) is 18.6. The van der Waals surface area contributed by atoms with Gasteiger partial charge in [0.1, 0.15) is 0 Å². The molecule has 122 valence electrons. The standard InChI is InChI=1S/C20H25P.ClH.Zr/c1-16(2)21(17(3)4)20(19-13-9-6-10-14-19)15-18-11-7-5-8-12-18;;/h5-17H,1-4H3;1H;. The Balaban J connectivity index is 2.69. The molecule has 2 aromatic rings. The molecule has 0 heterocycles. The Hall–Kier alpha value is -0.217. The average molecular weight is 424 g/mol. The van der Waals surface area contributed by atoms with Gasteiger partial charge in [0, 0.05) is 0 Å². The van der Waals surface area contributed by atoms with Gasteiger partial charge in [-0.1, -0.05) is 0 Å². The van der Waals surface area contributed by atoms with E-state index in [0.717, 1.165) is 0 Å². The van der Waals surface area contributed by atoms with Crippen molar-refractivity contribution in [2.24, 2.45) is 0 Å². The van der Waals surface area contributed by atoms with Crippen LogP contribution in [0.1, 0.15) is 38.8 Å². The summed E-state index contributed by atoms with van der Waals surface area (Å²) in [5, 5.41) is 1.55. The number of halogens is 1. The first kappa shape index (κ1) is 19.1. The first-order valence-corrected chi connectivity index (χ1v) is 17.2. The van der Waals surface area contributed by atoms with Gasteiger partial charge >= 0.3 is 157 Å². The van der Waals surface area contributed by atoms with E-state index < -0.39 is 26.0 Å². The van der Waals surface area contributed by atoms with Gasteiger partial charge < -0.3 is 0 Å². The van der Waals surface area contributed by atoms with Crippen LogP contribution in [0.4, 0.5) is 0 Å². The summed E-state index contributed by atoms with van der Waals surface area (Å²) < 4.78 is -1.68. The van der Waals surface area contributed by atoms with E-state index in [1.165, 1.54) is 11.1 Å². The third-order valence-electron chi connectivity index (χ3n) is 4.62. The van der Waals surface area contributed by atoms with Crippen molar-refractivity contribution >= 4 is 24.5 Å². The van der Waals surface area contributed by atoms with Crippen LogP contribution in [0.25, 0.3) is 11.4 Å². The summed E-state index contributed by atoms with van der Waals surface area (Å²) in [6.45, 7) is 9.54. The normalized spacial score (nSPS) is 13.4. The van der Waals surface area contributed by atoms with Gasteiger partial charge in [-0.2, -0.15) is 0 Å². The van der Waals surface area contributed by atoms with E-state index >= 15 is 0 Å². The molecule has 0 saturated carbocycles. The zero-order chi connectivity index (χ0) is 16.9. The molecule has 0 amide bonds. The average Bonchev–Trinajstić information content (AvgIpc) is 2.56. The summed E-state index contributed by atoms with van der Waals surface area (Å²) in [5.41, 5.74) is 3.99. The third kappa shape index (κ3) is 4.25. The van der Waals surface area contributed by atoms with Crippen molar-refractivity contribution in [3.05, 3.63) is 71.8 Å². The molecule has 0 N–H and O–H groups in total. The number of hydrogen-bond donors (Lipinski definition) is 0. The van der Waals surface area contributed by atoms with E-state index in [9.17, 15) is 0 Å². The Morgan fingerprint density at radius 2 is 1.35 bits per heavy atom. The fourth-order valence-corrected chi connectivity index (χ4v) is 22.6. The number of benzene rings is 2. The van der Waals surface area contributed by atoms with Crippen molar-refractivity contribution < 1.29 is 21.5 Å². The number of hydrogen-bond acceptors (Lipinski definition) is 0. The Morgan fingerprint density at radius 1 is 0.870 bits per heavy atom. The van der Waals surface area contributed by atoms with E-state index in [1.807, 2.05) is 0 Å². The second-order valence-electron chi connectivity index (χ2n) is 6.61. The Kier molecular flexibility index (Phi) is 7.27. The summed E-state index contributed by atoms with van der Waals surface area (Å²) in [5.74, 6) is 0. The van der Waals surface area contributed by atoms with Crippen LogP contribution < -0.4 is 0 Å². The zero-order valence-electron chi connectivity index (χ0n) is 14.4. The van der Waals surface area contributed by atoms with Crippen molar-refractivity contribution in [2.45, 2.75) is 39.0 Å². The molecule has 0 aliphatic carbocycles. The molecule has 0 spiro atoms. The molecule has 23 heavy (non-hydrogen) atoms. The molecule has 2 rings (SSSR count). The van der Waals surface area contributed by atoms with Gasteiger partial charge in [0.05, 0.1) is 0 Å². The predicted octanol–water partition coefficient (Wildman–Crippen LogP) is 6.90. The maximum absolute atomic E-state index is 6.82. The van der Waals surface area contributed by atoms with Gasteiger partial charge in [0.25, 0.3) is 0 Å². The molecule has 0 bridgehead atoms. The van der Waals surface area contributed by atoms with E-state index in [4.69, 9.17) is 8.51 Å². The summed E-state index contributed by atoms with van der Waals surface area (Å²) in [4.78, 5) is 0. The molecule has 0 aliphatic rings. The quantitative estimate of drug-likeness (QED) is 0.350. The molecule has 2 aromatic carbocycles. The van der Waals surface area contributed by atoms with Gasteiger partial charge in [-0.15, -0.1) is 0 Å². The second kappa shape index (κ2) is 8.75. The Bertz CT molecular complexity index is 627. The first-order chi connectivity index (χ1) is 11.0. The monoisotopic (exact) mass is 422 g/mol. The fraction of sp³-hybridized carbons (Fsp3) is 0.300. The van der Waals surface area contributed by atoms with Crippen molar-refractivity contribution in [2.75, 3.05) is 0 Å². The van der Waals surface area contributed by atoms with Gasteiger partial charge in [0.15, 0.2) is 0 Å². The van der Waals surface area contributed by atoms with Crippen LogP contribution >= 0.6 is 13.1 Å². The predicted molar refractivity (Wildman–Crippen MR) is 105 cm³/mol. The van der Waals surface area contributed by atoms with Crippen LogP contribution in [0.2, 0.25) is 0 Å². The van der Waals surface area contributed by atoms with Crippen molar-refractivity contribution in [1.29, 1.82) is 0 Å².